The van der Waals surface area contributed by atoms with E-state index in [0.29, 0.717) is 12.2 Å². The van der Waals surface area contributed by atoms with E-state index in [9.17, 15) is 22.6 Å². The molecule has 0 saturated heterocycles. The van der Waals surface area contributed by atoms with Crippen LogP contribution in [0.4, 0.5) is 0 Å². The molecule has 0 radical (unpaired) electrons. The number of ether oxygens (including phenoxy) is 1. The third-order valence-electron chi connectivity index (χ3n) is 4.65. The third kappa shape index (κ3) is 15.4. The molecule has 7 nitrogen and oxygen atoms in total. The van der Waals surface area contributed by atoms with Gasteiger partial charge in [0.15, 0.2) is 0 Å². The number of hydrogen-bond donors (Lipinski definition) is 1. The Morgan fingerprint density at radius 3 is 2.19 bits per heavy atom. The van der Waals surface area contributed by atoms with Crippen molar-refractivity contribution in [1.29, 1.82) is 0 Å². The Kier molecular flexibility index (Phi) is 15.3. The van der Waals surface area contributed by atoms with Crippen LogP contribution in [0.15, 0.2) is 24.3 Å². The number of carbonyl (C=O) groups is 2. The summed E-state index contributed by atoms with van der Waals surface area (Å²) in [6, 6.07) is 8.39. The van der Waals surface area contributed by atoms with Crippen LogP contribution in [0, 0.1) is 0 Å². The number of benzene rings is 1. The van der Waals surface area contributed by atoms with E-state index in [2.05, 4.69) is 29.6 Å². The number of ketones is 1. The molecular weight excluding hydrogens is 461 g/mol. The van der Waals surface area contributed by atoms with Crippen molar-refractivity contribution >= 4 is 33.6 Å². The second kappa shape index (κ2) is 15.5. The Morgan fingerprint density at radius 1 is 1.12 bits per heavy atom. The molecule has 176 valence electrons. The minimum Gasteiger partial charge on any atom is -0.748 e. The molecule has 32 heavy (non-hydrogen) atoms. The van der Waals surface area contributed by atoms with Gasteiger partial charge in [-0.15, -0.1) is 0 Å². The van der Waals surface area contributed by atoms with Gasteiger partial charge >= 0.3 is 29.6 Å². The van der Waals surface area contributed by atoms with Gasteiger partial charge in [-0.3, -0.25) is 9.59 Å². The molecular formula is C22H34NNaO6S2. The molecule has 1 rings (SSSR count). The average Bonchev–Trinajstić information content (AvgIpc) is 2.63. The van der Waals surface area contributed by atoms with Gasteiger partial charge < -0.3 is 14.6 Å². The number of hydrogen-bond acceptors (Lipinski definition) is 7. The van der Waals surface area contributed by atoms with E-state index < -0.39 is 21.4 Å². The molecule has 1 aromatic rings. The zero-order chi connectivity index (χ0) is 23.5. The van der Waals surface area contributed by atoms with Gasteiger partial charge in [-0.2, -0.15) is 11.8 Å². The molecule has 1 atom stereocenters. The van der Waals surface area contributed by atoms with Crippen molar-refractivity contribution in [3.63, 3.8) is 0 Å². The standard InChI is InChI=1S/C22H35NO6S2.Na/c1-17(24)15-20(29-4)10-9-18-5-7-19(8-6-18)11-13-30-14-12-21(25)23-22(2,3)16-31(26,27)28;/h5-8,20H,9-16H2,1-4H3,(H,23,25)(H,26,27,28);/q;+1/p-1. The number of aryl methyl sites for hydroxylation is 2. The Bertz CT molecular complexity index is 812. The number of rotatable bonds is 15. The van der Waals surface area contributed by atoms with Gasteiger partial charge in [0.25, 0.3) is 0 Å². The van der Waals surface area contributed by atoms with E-state index >= 15 is 0 Å². The Labute approximate surface area is 218 Å². The fourth-order valence-corrected chi connectivity index (χ4v) is 5.07. The van der Waals surface area contributed by atoms with Crippen LogP contribution < -0.4 is 34.9 Å². The molecule has 1 amide bonds. The first-order chi connectivity index (χ1) is 14.4. The molecule has 0 aliphatic heterocycles. The summed E-state index contributed by atoms with van der Waals surface area (Å²) in [5.74, 6) is 0.743. The normalized spacial score (nSPS) is 12.7. The zero-order valence-corrected chi connectivity index (χ0v) is 23.4. The van der Waals surface area contributed by atoms with Crippen LogP contribution in [0.3, 0.4) is 0 Å². The maximum atomic E-state index is 12.0. The summed E-state index contributed by atoms with van der Waals surface area (Å²) in [7, 11) is -2.76. The molecule has 0 spiro atoms. The van der Waals surface area contributed by atoms with Gasteiger partial charge in [-0.05, 0) is 56.9 Å². The van der Waals surface area contributed by atoms with Gasteiger partial charge in [0.05, 0.1) is 22.0 Å². The van der Waals surface area contributed by atoms with Crippen LogP contribution in [0.2, 0.25) is 0 Å². The van der Waals surface area contributed by atoms with Crippen molar-refractivity contribution in [1.82, 2.24) is 5.32 Å². The Morgan fingerprint density at radius 2 is 1.69 bits per heavy atom. The number of carbonyl (C=O) groups excluding carboxylic acids is 2. The number of Topliss-reactive ketones (excluding diaryl/α,β-unsaturated/α-hetero) is 1. The van der Waals surface area contributed by atoms with Crippen molar-refractivity contribution in [2.75, 3.05) is 24.4 Å². The van der Waals surface area contributed by atoms with E-state index in [1.54, 1.807) is 25.8 Å². The van der Waals surface area contributed by atoms with E-state index in [1.165, 1.54) is 25.0 Å². The first-order valence-corrected chi connectivity index (χ1v) is 13.1. The molecule has 0 aliphatic carbocycles. The minimum absolute atomic E-state index is 0. The summed E-state index contributed by atoms with van der Waals surface area (Å²) in [6.07, 6.45) is 3.23. The Balaban J connectivity index is 0.00000961. The monoisotopic (exact) mass is 495 g/mol. The summed E-state index contributed by atoms with van der Waals surface area (Å²) in [4.78, 5) is 23.2. The van der Waals surface area contributed by atoms with Crippen molar-refractivity contribution in [2.24, 2.45) is 0 Å². The second-order valence-corrected chi connectivity index (χ2v) is 11.0. The first kappa shape index (κ1) is 31.6. The van der Waals surface area contributed by atoms with Gasteiger partial charge in [0, 0.05) is 31.2 Å². The van der Waals surface area contributed by atoms with Crippen molar-refractivity contribution in [2.45, 2.75) is 64.5 Å². The van der Waals surface area contributed by atoms with Crippen LogP contribution in [0.5, 0.6) is 0 Å². The van der Waals surface area contributed by atoms with E-state index in [4.69, 9.17) is 4.74 Å². The molecule has 0 bridgehead atoms. The van der Waals surface area contributed by atoms with Crippen LogP contribution in [0.25, 0.3) is 0 Å². The molecule has 1 N–H and O–H groups in total. The number of nitrogens with one attached hydrogen (secondary N) is 1. The quantitative estimate of drug-likeness (QED) is 0.202. The summed E-state index contributed by atoms with van der Waals surface area (Å²) in [5.41, 5.74) is 1.36. The van der Waals surface area contributed by atoms with Crippen LogP contribution >= 0.6 is 11.8 Å². The molecule has 0 fully saturated rings. The number of thioether (sulfide) groups is 1. The molecule has 0 aromatic heterocycles. The van der Waals surface area contributed by atoms with E-state index in [-0.39, 0.29) is 53.8 Å². The zero-order valence-electron chi connectivity index (χ0n) is 19.8. The van der Waals surface area contributed by atoms with Crippen LogP contribution in [-0.4, -0.2) is 60.7 Å². The van der Waals surface area contributed by atoms with Crippen molar-refractivity contribution < 1.29 is 56.9 Å². The molecule has 1 aromatic carbocycles. The minimum atomic E-state index is -4.39. The first-order valence-electron chi connectivity index (χ1n) is 10.3. The summed E-state index contributed by atoms with van der Waals surface area (Å²) >= 11 is 1.65. The maximum Gasteiger partial charge on any atom is 1.00 e. The second-order valence-electron chi connectivity index (χ2n) is 8.37. The smallest absolute Gasteiger partial charge is 0.748 e. The predicted molar refractivity (Wildman–Crippen MR) is 123 cm³/mol. The van der Waals surface area contributed by atoms with Gasteiger partial charge in [-0.1, -0.05) is 24.3 Å². The van der Waals surface area contributed by atoms with Gasteiger partial charge in [0.2, 0.25) is 5.91 Å². The summed E-state index contributed by atoms with van der Waals surface area (Å²) < 4.78 is 38.0. The topological polar surface area (TPSA) is 113 Å². The van der Waals surface area contributed by atoms with E-state index in [1.807, 2.05) is 0 Å². The molecule has 0 heterocycles. The number of amides is 1. The average molecular weight is 496 g/mol. The van der Waals surface area contributed by atoms with Gasteiger partial charge in [0.1, 0.15) is 5.78 Å². The van der Waals surface area contributed by atoms with Gasteiger partial charge in [-0.25, -0.2) is 8.42 Å². The van der Waals surface area contributed by atoms with Crippen molar-refractivity contribution in [3.8, 4) is 0 Å². The molecule has 0 saturated carbocycles. The Hall–Kier alpha value is -0.420. The van der Waals surface area contributed by atoms with E-state index in [0.717, 1.165) is 25.0 Å². The fraction of sp³-hybridized carbons (Fsp3) is 0.636. The molecule has 10 heteroatoms. The largest absolute Gasteiger partial charge is 1.00 e. The maximum absolute atomic E-state index is 12.0. The predicted octanol–water partition coefficient (Wildman–Crippen LogP) is -0.277. The number of methoxy groups -OCH3 is 1. The molecule has 0 aliphatic rings. The van der Waals surface area contributed by atoms with Crippen LogP contribution in [0.1, 0.15) is 51.2 Å². The molecule has 1 unspecified atom stereocenters. The van der Waals surface area contributed by atoms with Crippen molar-refractivity contribution in [3.05, 3.63) is 35.4 Å². The SMILES string of the molecule is COC(CCc1ccc(CCSCCC(=O)NC(C)(C)CS(=O)(=O)[O-])cc1)CC(C)=O.[Na+]. The fourth-order valence-electron chi connectivity index (χ4n) is 3.20. The third-order valence-corrected chi connectivity index (χ3v) is 6.71. The summed E-state index contributed by atoms with van der Waals surface area (Å²) in [6.45, 7) is 4.62. The van der Waals surface area contributed by atoms with Crippen LogP contribution in [-0.2, 0) is 37.3 Å². The summed E-state index contributed by atoms with van der Waals surface area (Å²) in [5, 5.41) is 2.60.